The first-order valence-electron chi connectivity index (χ1n) is 6.76. The Balaban J connectivity index is 1.74. The monoisotopic (exact) mass is 350 g/mol. The first-order chi connectivity index (χ1) is 10.1. The van der Waals surface area contributed by atoms with Gasteiger partial charge in [-0.25, -0.2) is 9.48 Å². The largest absolute Gasteiger partial charge is 0.465 e. The number of amides is 1. The third kappa shape index (κ3) is 3.07. The topological polar surface area (TPSA) is 71.2 Å². The Morgan fingerprint density at radius 3 is 2.81 bits per heavy atom. The minimum Gasteiger partial charge on any atom is -0.465 e. The molecule has 0 saturated carbocycles. The van der Waals surface area contributed by atoms with E-state index in [0.29, 0.717) is 19.6 Å². The molecule has 1 aromatic carbocycles. The SMILES string of the molecule is O=C(O)N1CC[C@@H](Cn2nncc2-c2ccc(Br)cc2)C1. The van der Waals surface area contributed by atoms with E-state index in [1.165, 1.54) is 4.90 Å². The highest BCUT2D eigenvalue weighted by Gasteiger charge is 2.26. The molecule has 1 N–H and O–H groups in total. The van der Waals surface area contributed by atoms with Crippen LogP contribution in [0.4, 0.5) is 4.79 Å². The molecule has 110 valence electrons. The van der Waals surface area contributed by atoms with Crippen molar-refractivity contribution in [2.75, 3.05) is 13.1 Å². The van der Waals surface area contributed by atoms with Crippen molar-refractivity contribution in [1.82, 2.24) is 19.9 Å². The second kappa shape index (κ2) is 5.85. The van der Waals surface area contributed by atoms with Crippen LogP contribution in [0.15, 0.2) is 34.9 Å². The number of rotatable bonds is 3. The minimum absolute atomic E-state index is 0.289. The fourth-order valence-corrected chi connectivity index (χ4v) is 2.90. The van der Waals surface area contributed by atoms with Gasteiger partial charge in [-0.2, -0.15) is 0 Å². The Labute approximate surface area is 130 Å². The fourth-order valence-electron chi connectivity index (χ4n) is 2.64. The van der Waals surface area contributed by atoms with Crippen LogP contribution in [-0.2, 0) is 6.54 Å². The van der Waals surface area contributed by atoms with Crippen molar-refractivity contribution >= 4 is 22.0 Å². The lowest BCUT2D eigenvalue weighted by atomic mass is 10.1. The summed E-state index contributed by atoms with van der Waals surface area (Å²) in [6.07, 6.45) is 1.77. The van der Waals surface area contributed by atoms with Gasteiger partial charge in [0, 0.05) is 29.7 Å². The molecule has 6 nitrogen and oxygen atoms in total. The highest BCUT2D eigenvalue weighted by molar-refractivity contribution is 9.10. The molecule has 2 aromatic rings. The number of benzene rings is 1. The Morgan fingerprint density at radius 2 is 2.14 bits per heavy atom. The van der Waals surface area contributed by atoms with Gasteiger partial charge in [-0.15, -0.1) is 5.10 Å². The summed E-state index contributed by atoms with van der Waals surface area (Å²) in [5.74, 6) is 0.289. The zero-order valence-electron chi connectivity index (χ0n) is 11.3. The van der Waals surface area contributed by atoms with Gasteiger partial charge in [-0.3, -0.25) is 0 Å². The molecule has 0 radical (unpaired) electrons. The maximum absolute atomic E-state index is 11.0. The van der Waals surface area contributed by atoms with E-state index >= 15 is 0 Å². The quantitative estimate of drug-likeness (QED) is 0.923. The van der Waals surface area contributed by atoms with Crippen molar-refractivity contribution in [2.45, 2.75) is 13.0 Å². The van der Waals surface area contributed by atoms with Crippen LogP contribution in [0, 0.1) is 5.92 Å². The van der Waals surface area contributed by atoms with Crippen LogP contribution in [0.25, 0.3) is 11.3 Å². The number of carboxylic acid groups (broad SMARTS) is 1. The minimum atomic E-state index is -0.843. The predicted molar refractivity (Wildman–Crippen MR) is 80.9 cm³/mol. The summed E-state index contributed by atoms with van der Waals surface area (Å²) in [6.45, 7) is 1.85. The van der Waals surface area contributed by atoms with Gasteiger partial charge in [0.2, 0.25) is 0 Å². The van der Waals surface area contributed by atoms with Crippen molar-refractivity contribution in [3.05, 3.63) is 34.9 Å². The van der Waals surface area contributed by atoms with Crippen molar-refractivity contribution < 1.29 is 9.90 Å². The summed E-state index contributed by atoms with van der Waals surface area (Å²) in [5, 5.41) is 17.1. The van der Waals surface area contributed by atoms with Crippen LogP contribution in [-0.4, -0.2) is 44.2 Å². The molecule has 21 heavy (non-hydrogen) atoms. The second-order valence-electron chi connectivity index (χ2n) is 5.19. The zero-order chi connectivity index (χ0) is 14.8. The fraction of sp³-hybridized carbons (Fsp3) is 0.357. The number of hydrogen-bond donors (Lipinski definition) is 1. The second-order valence-corrected chi connectivity index (χ2v) is 6.11. The van der Waals surface area contributed by atoms with Crippen molar-refractivity contribution in [3.8, 4) is 11.3 Å². The number of halogens is 1. The van der Waals surface area contributed by atoms with Crippen molar-refractivity contribution in [3.63, 3.8) is 0 Å². The van der Waals surface area contributed by atoms with Crippen LogP contribution in [0.1, 0.15) is 6.42 Å². The highest BCUT2D eigenvalue weighted by Crippen LogP contribution is 2.24. The predicted octanol–water partition coefficient (Wildman–Crippen LogP) is 2.71. The Bertz CT molecular complexity index is 641. The van der Waals surface area contributed by atoms with Crippen LogP contribution >= 0.6 is 15.9 Å². The summed E-state index contributed by atoms with van der Waals surface area (Å²) in [5.41, 5.74) is 2.01. The number of hydrogen-bond acceptors (Lipinski definition) is 3. The van der Waals surface area contributed by atoms with E-state index in [1.807, 2.05) is 28.9 Å². The van der Waals surface area contributed by atoms with Gasteiger partial charge < -0.3 is 10.0 Å². The average molecular weight is 351 g/mol. The highest BCUT2D eigenvalue weighted by atomic mass is 79.9. The molecular weight excluding hydrogens is 336 g/mol. The number of aromatic nitrogens is 3. The summed E-state index contributed by atoms with van der Waals surface area (Å²) in [7, 11) is 0. The van der Waals surface area contributed by atoms with Crippen molar-refractivity contribution in [1.29, 1.82) is 0 Å². The molecule has 2 heterocycles. The third-order valence-electron chi connectivity index (χ3n) is 3.75. The van der Waals surface area contributed by atoms with E-state index < -0.39 is 6.09 Å². The van der Waals surface area contributed by atoms with E-state index in [9.17, 15) is 4.79 Å². The molecule has 1 atom stereocenters. The molecule has 0 unspecified atom stereocenters. The standard InChI is InChI=1S/C14H15BrN4O2/c15-12-3-1-11(2-4-12)13-7-16-17-19(13)9-10-5-6-18(8-10)14(20)21/h1-4,7,10H,5-6,8-9H2,(H,20,21)/t10-/m1/s1. The van der Waals surface area contributed by atoms with Gasteiger partial charge in [0.15, 0.2) is 0 Å². The van der Waals surface area contributed by atoms with Crippen LogP contribution in [0.5, 0.6) is 0 Å². The molecular formula is C14H15BrN4O2. The van der Waals surface area contributed by atoms with E-state index in [0.717, 1.165) is 22.2 Å². The van der Waals surface area contributed by atoms with Gasteiger partial charge in [0.25, 0.3) is 0 Å². The van der Waals surface area contributed by atoms with Crippen molar-refractivity contribution in [2.24, 2.45) is 5.92 Å². The van der Waals surface area contributed by atoms with E-state index in [-0.39, 0.29) is 5.92 Å². The lowest BCUT2D eigenvalue weighted by Crippen LogP contribution is -2.27. The van der Waals surface area contributed by atoms with Gasteiger partial charge in [-0.05, 0) is 24.5 Å². The zero-order valence-corrected chi connectivity index (χ0v) is 12.9. The molecule has 0 aliphatic carbocycles. The molecule has 0 bridgehead atoms. The van der Waals surface area contributed by atoms with Gasteiger partial charge in [-0.1, -0.05) is 33.3 Å². The van der Waals surface area contributed by atoms with Crippen LogP contribution in [0.3, 0.4) is 0 Å². The molecule has 1 aromatic heterocycles. The van der Waals surface area contributed by atoms with Gasteiger partial charge in [0.1, 0.15) is 0 Å². The molecule has 1 saturated heterocycles. The molecule has 1 aliphatic heterocycles. The Morgan fingerprint density at radius 1 is 1.38 bits per heavy atom. The van der Waals surface area contributed by atoms with E-state index in [4.69, 9.17) is 5.11 Å². The summed E-state index contributed by atoms with van der Waals surface area (Å²) in [6, 6.07) is 7.98. The van der Waals surface area contributed by atoms with Gasteiger partial charge in [0.05, 0.1) is 11.9 Å². The van der Waals surface area contributed by atoms with Crippen LogP contribution < -0.4 is 0 Å². The molecule has 1 amide bonds. The first kappa shape index (κ1) is 14.1. The molecule has 1 aliphatic rings. The lowest BCUT2D eigenvalue weighted by Gasteiger charge is -2.13. The molecule has 1 fully saturated rings. The Hall–Kier alpha value is -1.89. The normalized spacial score (nSPS) is 18.1. The molecule has 3 rings (SSSR count). The maximum Gasteiger partial charge on any atom is 0.407 e. The summed E-state index contributed by atoms with van der Waals surface area (Å²) < 4.78 is 2.89. The average Bonchev–Trinajstić information content (AvgIpc) is 3.10. The summed E-state index contributed by atoms with van der Waals surface area (Å²) >= 11 is 3.42. The number of likely N-dealkylation sites (tertiary alicyclic amines) is 1. The third-order valence-corrected chi connectivity index (χ3v) is 4.27. The molecule has 0 spiro atoms. The number of nitrogens with zero attached hydrogens (tertiary/aromatic N) is 4. The van der Waals surface area contributed by atoms with Gasteiger partial charge >= 0.3 is 6.09 Å². The molecule has 7 heteroatoms. The summed E-state index contributed by atoms with van der Waals surface area (Å²) in [4.78, 5) is 12.4. The Kier molecular flexibility index (Phi) is 3.92. The first-order valence-corrected chi connectivity index (χ1v) is 7.55. The number of carbonyl (C=O) groups is 1. The lowest BCUT2D eigenvalue weighted by molar-refractivity contribution is 0.153. The van der Waals surface area contributed by atoms with E-state index in [1.54, 1.807) is 6.20 Å². The smallest absolute Gasteiger partial charge is 0.407 e. The van der Waals surface area contributed by atoms with E-state index in [2.05, 4.69) is 26.2 Å². The maximum atomic E-state index is 11.0. The van der Waals surface area contributed by atoms with Crippen LogP contribution in [0.2, 0.25) is 0 Å².